The number of carbonyl (C=O) groups is 1. The van der Waals surface area contributed by atoms with Crippen molar-refractivity contribution in [3.63, 3.8) is 0 Å². The van der Waals surface area contributed by atoms with Gasteiger partial charge in [-0.1, -0.05) is 35.9 Å². The van der Waals surface area contributed by atoms with Gasteiger partial charge in [-0.15, -0.1) is 5.11 Å². The average molecular weight is 355 g/mol. The maximum atomic E-state index is 12.0. The molecule has 3 N–H and O–H groups in total. The van der Waals surface area contributed by atoms with Crippen LogP contribution in [-0.4, -0.2) is 11.4 Å². The molecule has 6 heteroatoms. The van der Waals surface area contributed by atoms with Crippen molar-refractivity contribution in [2.24, 2.45) is 16.0 Å². The molecule has 0 aliphatic carbocycles. The summed E-state index contributed by atoms with van der Waals surface area (Å²) in [4.78, 5) is 12.0. The molecule has 0 saturated carbocycles. The van der Waals surface area contributed by atoms with Crippen molar-refractivity contribution in [1.29, 1.82) is 0 Å². The third-order valence-corrected chi connectivity index (χ3v) is 4.20. The second kappa shape index (κ2) is 6.69. The molecule has 3 rings (SSSR count). The standard InChI is InChI=1S/C19H19ClN4O/c1-19(2)11-12-5-3-4-6-15(12)16(22-19)17(18(21)25)24-23-14-9-7-13(20)8-10-14/h3-10,22H,11H2,1-2H3,(H2,21,25). The zero-order valence-electron chi connectivity index (χ0n) is 14.1. The summed E-state index contributed by atoms with van der Waals surface area (Å²) in [5.41, 5.74) is 8.74. The lowest BCUT2D eigenvalue weighted by molar-refractivity contribution is -0.114. The van der Waals surface area contributed by atoms with Gasteiger partial charge in [0.15, 0.2) is 5.70 Å². The summed E-state index contributed by atoms with van der Waals surface area (Å²) in [5.74, 6) is -0.632. The molecule has 5 nitrogen and oxygen atoms in total. The zero-order valence-corrected chi connectivity index (χ0v) is 14.8. The largest absolute Gasteiger partial charge is 0.377 e. The monoisotopic (exact) mass is 354 g/mol. The van der Waals surface area contributed by atoms with Crippen molar-refractivity contribution >= 4 is 28.9 Å². The molecule has 0 bridgehead atoms. The van der Waals surface area contributed by atoms with Crippen LogP contribution in [0, 0.1) is 0 Å². The van der Waals surface area contributed by atoms with Crippen molar-refractivity contribution in [1.82, 2.24) is 5.32 Å². The molecule has 2 aromatic carbocycles. The van der Waals surface area contributed by atoms with Crippen LogP contribution in [0.15, 0.2) is 64.5 Å². The van der Waals surface area contributed by atoms with Crippen molar-refractivity contribution < 1.29 is 4.79 Å². The Kier molecular flexibility index (Phi) is 4.59. The van der Waals surface area contributed by atoms with Gasteiger partial charge in [0.25, 0.3) is 5.91 Å². The van der Waals surface area contributed by atoms with Gasteiger partial charge in [0, 0.05) is 16.1 Å². The number of carbonyl (C=O) groups excluding carboxylic acids is 1. The van der Waals surface area contributed by atoms with E-state index in [1.165, 1.54) is 0 Å². The smallest absolute Gasteiger partial charge is 0.271 e. The van der Waals surface area contributed by atoms with Crippen molar-refractivity contribution in [3.05, 3.63) is 70.4 Å². The Labute approximate surface area is 151 Å². The van der Waals surface area contributed by atoms with Crippen LogP contribution >= 0.6 is 11.6 Å². The number of fused-ring (bicyclic) bond motifs is 1. The van der Waals surface area contributed by atoms with Crippen LogP contribution in [0.5, 0.6) is 0 Å². The topological polar surface area (TPSA) is 79.8 Å². The Morgan fingerprint density at radius 3 is 2.52 bits per heavy atom. The fourth-order valence-electron chi connectivity index (χ4n) is 2.87. The van der Waals surface area contributed by atoms with Crippen LogP contribution in [0.2, 0.25) is 5.02 Å². The van der Waals surface area contributed by atoms with Gasteiger partial charge in [0.1, 0.15) is 0 Å². The first kappa shape index (κ1) is 17.2. The second-order valence-corrected chi connectivity index (χ2v) is 7.04. The molecule has 128 valence electrons. The lowest BCUT2D eigenvalue weighted by atomic mass is 9.85. The highest BCUT2D eigenvalue weighted by molar-refractivity contribution is 6.30. The molecule has 2 aromatic rings. The summed E-state index contributed by atoms with van der Waals surface area (Å²) in [6.07, 6.45) is 0.840. The summed E-state index contributed by atoms with van der Waals surface area (Å²) in [7, 11) is 0. The van der Waals surface area contributed by atoms with E-state index in [4.69, 9.17) is 17.3 Å². The van der Waals surface area contributed by atoms with Crippen LogP contribution in [0.4, 0.5) is 5.69 Å². The third kappa shape index (κ3) is 3.88. The second-order valence-electron chi connectivity index (χ2n) is 6.61. The molecule has 0 saturated heterocycles. The molecule has 1 aliphatic heterocycles. The Hall–Kier alpha value is -2.66. The number of amides is 1. The van der Waals surface area contributed by atoms with E-state index in [9.17, 15) is 4.79 Å². The molecular formula is C19H19ClN4O. The highest BCUT2D eigenvalue weighted by Gasteiger charge is 2.30. The summed E-state index contributed by atoms with van der Waals surface area (Å²) in [5, 5.41) is 12.3. The van der Waals surface area contributed by atoms with Gasteiger partial charge < -0.3 is 11.1 Å². The van der Waals surface area contributed by atoms with E-state index in [0.717, 1.165) is 17.5 Å². The first-order valence-corrected chi connectivity index (χ1v) is 8.31. The van der Waals surface area contributed by atoms with Gasteiger partial charge in [-0.25, -0.2) is 0 Å². The number of benzene rings is 2. The van der Waals surface area contributed by atoms with E-state index in [1.807, 2.05) is 24.3 Å². The Balaban J connectivity index is 2.09. The van der Waals surface area contributed by atoms with E-state index in [2.05, 4.69) is 29.4 Å². The number of azo groups is 1. The van der Waals surface area contributed by atoms with Gasteiger partial charge in [0.05, 0.1) is 11.4 Å². The normalized spacial score (nSPS) is 17.7. The predicted molar refractivity (Wildman–Crippen MR) is 99.4 cm³/mol. The van der Waals surface area contributed by atoms with Gasteiger partial charge in [-0.3, -0.25) is 4.79 Å². The number of nitrogens with one attached hydrogen (secondary N) is 1. The van der Waals surface area contributed by atoms with E-state index in [-0.39, 0.29) is 11.2 Å². The third-order valence-electron chi connectivity index (χ3n) is 3.94. The van der Waals surface area contributed by atoms with E-state index < -0.39 is 5.91 Å². The maximum Gasteiger partial charge on any atom is 0.271 e. The summed E-state index contributed by atoms with van der Waals surface area (Å²) in [6, 6.07) is 14.8. The SMILES string of the molecule is CC1(C)Cc2ccccc2C(=C(N=Nc2ccc(Cl)cc2)C(N)=O)N1. The highest BCUT2D eigenvalue weighted by Crippen LogP contribution is 2.32. The van der Waals surface area contributed by atoms with Crippen LogP contribution in [0.1, 0.15) is 25.0 Å². The quantitative estimate of drug-likeness (QED) is 0.639. The van der Waals surface area contributed by atoms with Crippen LogP contribution < -0.4 is 11.1 Å². The van der Waals surface area contributed by atoms with E-state index in [1.54, 1.807) is 24.3 Å². The summed E-state index contributed by atoms with van der Waals surface area (Å²) >= 11 is 5.87. The lowest BCUT2D eigenvalue weighted by Gasteiger charge is -2.35. The van der Waals surface area contributed by atoms with Gasteiger partial charge in [-0.2, -0.15) is 5.11 Å². The van der Waals surface area contributed by atoms with Crippen LogP contribution in [-0.2, 0) is 11.2 Å². The van der Waals surface area contributed by atoms with Crippen LogP contribution in [0.3, 0.4) is 0 Å². The molecular weight excluding hydrogens is 336 g/mol. The predicted octanol–water partition coefficient (Wildman–Crippen LogP) is 4.20. The molecule has 0 atom stereocenters. The maximum absolute atomic E-state index is 12.0. The molecule has 1 heterocycles. The number of hydrogen-bond acceptors (Lipinski definition) is 4. The number of nitrogens with zero attached hydrogens (tertiary/aromatic N) is 2. The lowest BCUT2D eigenvalue weighted by Crippen LogP contribution is -2.44. The number of hydrogen-bond donors (Lipinski definition) is 2. The number of primary amides is 1. The molecule has 1 amide bonds. The van der Waals surface area contributed by atoms with Gasteiger partial charge in [-0.05, 0) is 50.1 Å². The Morgan fingerprint density at radius 2 is 1.84 bits per heavy atom. The zero-order chi connectivity index (χ0) is 18.0. The van der Waals surface area contributed by atoms with E-state index in [0.29, 0.717) is 16.4 Å². The fraction of sp³-hybridized carbons (Fsp3) is 0.211. The first-order valence-electron chi connectivity index (χ1n) is 7.93. The minimum absolute atomic E-state index is 0.107. The molecule has 0 fully saturated rings. The molecule has 0 radical (unpaired) electrons. The van der Waals surface area contributed by atoms with Crippen molar-refractivity contribution in [3.8, 4) is 0 Å². The van der Waals surface area contributed by atoms with Crippen LogP contribution in [0.25, 0.3) is 5.70 Å². The minimum atomic E-state index is -0.632. The van der Waals surface area contributed by atoms with Gasteiger partial charge >= 0.3 is 0 Å². The molecule has 0 aromatic heterocycles. The Bertz CT molecular complexity index is 869. The highest BCUT2D eigenvalue weighted by atomic mass is 35.5. The van der Waals surface area contributed by atoms with Gasteiger partial charge in [0.2, 0.25) is 0 Å². The number of nitrogens with two attached hydrogens (primary N) is 1. The Morgan fingerprint density at radius 1 is 1.16 bits per heavy atom. The number of rotatable bonds is 3. The summed E-state index contributed by atoms with van der Waals surface area (Å²) in [6.45, 7) is 4.13. The molecule has 1 aliphatic rings. The fourth-order valence-corrected chi connectivity index (χ4v) is 3.00. The molecule has 25 heavy (non-hydrogen) atoms. The number of halogens is 1. The minimum Gasteiger partial charge on any atom is -0.377 e. The van der Waals surface area contributed by atoms with E-state index >= 15 is 0 Å². The van der Waals surface area contributed by atoms with Crippen molar-refractivity contribution in [2.45, 2.75) is 25.8 Å². The molecule has 0 spiro atoms. The summed E-state index contributed by atoms with van der Waals surface area (Å²) < 4.78 is 0. The molecule has 0 unspecified atom stereocenters. The average Bonchev–Trinajstić information content (AvgIpc) is 2.55. The first-order chi connectivity index (χ1) is 11.9. The van der Waals surface area contributed by atoms with Crippen molar-refractivity contribution in [2.75, 3.05) is 0 Å².